The average molecular weight is 247 g/mol. The van der Waals surface area contributed by atoms with Gasteiger partial charge in [-0.2, -0.15) is 0 Å². The molecule has 0 saturated carbocycles. The summed E-state index contributed by atoms with van der Waals surface area (Å²) in [7, 11) is 1.65. The Morgan fingerprint density at radius 3 is 2.56 bits per heavy atom. The molecule has 0 aliphatic heterocycles. The SMILES string of the molecule is C=CCN(C)C(=O)CNC(=O)c1ccc(N)cc1. The number of likely N-dealkylation sites (N-methyl/N-ethyl adjacent to an activating group) is 1. The summed E-state index contributed by atoms with van der Waals surface area (Å²) in [5.74, 6) is -0.464. The van der Waals surface area contributed by atoms with E-state index in [0.29, 0.717) is 17.8 Å². The highest BCUT2D eigenvalue weighted by Crippen LogP contribution is 2.04. The van der Waals surface area contributed by atoms with E-state index >= 15 is 0 Å². The second kappa shape index (κ2) is 6.44. The van der Waals surface area contributed by atoms with Gasteiger partial charge < -0.3 is 16.0 Å². The number of nitrogens with one attached hydrogen (secondary N) is 1. The summed E-state index contributed by atoms with van der Waals surface area (Å²) in [6, 6.07) is 6.51. The van der Waals surface area contributed by atoms with E-state index in [2.05, 4.69) is 11.9 Å². The Hall–Kier alpha value is -2.30. The molecule has 0 atom stereocenters. The summed E-state index contributed by atoms with van der Waals surface area (Å²) in [6.07, 6.45) is 1.62. The normalized spacial score (nSPS) is 9.61. The van der Waals surface area contributed by atoms with Gasteiger partial charge >= 0.3 is 0 Å². The molecule has 0 spiro atoms. The van der Waals surface area contributed by atoms with Crippen LogP contribution in [-0.2, 0) is 4.79 Å². The molecule has 0 aliphatic rings. The van der Waals surface area contributed by atoms with E-state index < -0.39 is 0 Å². The number of benzene rings is 1. The third-order valence-electron chi connectivity index (χ3n) is 2.40. The fourth-order valence-electron chi connectivity index (χ4n) is 1.32. The molecular weight excluding hydrogens is 230 g/mol. The topological polar surface area (TPSA) is 75.4 Å². The second-order valence-electron chi connectivity index (χ2n) is 3.87. The molecule has 1 aromatic rings. The van der Waals surface area contributed by atoms with Crippen molar-refractivity contribution in [1.29, 1.82) is 0 Å². The number of anilines is 1. The number of rotatable bonds is 5. The minimum atomic E-state index is -0.296. The Bertz CT molecular complexity index is 440. The molecule has 1 aromatic carbocycles. The third-order valence-corrected chi connectivity index (χ3v) is 2.40. The Balaban J connectivity index is 2.48. The lowest BCUT2D eigenvalue weighted by Gasteiger charge is -2.15. The van der Waals surface area contributed by atoms with Crippen LogP contribution in [0.3, 0.4) is 0 Å². The van der Waals surface area contributed by atoms with Crippen LogP contribution in [-0.4, -0.2) is 36.9 Å². The van der Waals surface area contributed by atoms with Crippen molar-refractivity contribution in [1.82, 2.24) is 10.2 Å². The van der Waals surface area contributed by atoms with Gasteiger partial charge in [-0.05, 0) is 24.3 Å². The van der Waals surface area contributed by atoms with Crippen LogP contribution in [0.25, 0.3) is 0 Å². The predicted molar refractivity (Wildman–Crippen MR) is 71.0 cm³/mol. The first-order valence-electron chi connectivity index (χ1n) is 5.53. The lowest BCUT2D eigenvalue weighted by molar-refractivity contribution is -0.128. The number of nitrogens with zero attached hydrogens (tertiary/aromatic N) is 1. The lowest BCUT2D eigenvalue weighted by Crippen LogP contribution is -2.38. The maximum atomic E-state index is 11.7. The van der Waals surface area contributed by atoms with E-state index in [-0.39, 0.29) is 18.4 Å². The maximum Gasteiger partial charge on any atom is 0.251 e. The fourth-order valence-corrected chi connectivity index (χ4v) is 1.32. The molecule has 0 radical (unpaired) electrons. The van der Waals surface area contributed by atoms with Crippen LogP contribution in [0.4, 0.5) is 5.69 Å². The van der Waals surface area contributed by atoms with Crippen LogP contribution in [0.1, 0.15) is 10.4 Å². The molecular formula is C13H17N3O2. The highest BCUT2D eigenvalue weighted by Gasteiger charge is 2.10. The zero-order valence-electron chi connectivity index (χ0n) is 10.3. The Morgan fingerprint density at radius 2 is 2.00 bits per heavy atom. The molecule has 5 nitrogen and oxygen atoms in total. The molecule has 0 heterocycles. The Morgan fingerprint density at radius 1 is 1.39 bits per heavy atom. The minimum Gasteiger partial charge on any atom is -0.399 e. The lowest BCUT2D eigenvalue weighted by atomic mass is 10.2. The first-order valence-corrected chi connectivity index (χ1v) is 5.53. The number of hydrogen-bond donors (Lipinski definition) is 2. The molecule has 0 aromatic heterocycles. The van der Waals surface area contributed by atoms with E-state index in [1.807, 2.05) is 0 Å². The number of carbonyl (C=O) groups excluding carboxylic acids is 2. The smallest absolute Gasteiger partial charge is 0.251 e. The first-order chi connectivity index (χ1) is 8.54. The van der Waals surface area contributed by atoms with Gasteiger partial charge in [0, 0.05) is 24.8 Å². The molecule has 0 saturated heterocycles. The van der Waals surface area contributed by atoms with Gasteiger partial charge in [0.25, 0.3) is 5.91 Å². The van der Waals surface area contributed by atoms with Crippen LogP contribution < -0.4 is 11.1 Å². The van der Waals surface area contributed by atoms with Crippen LogP contribution in [0, 0.1) is 0 Å². The molecule has 3 N–H and O–H groups in total. The molecule has 2 amide bonds. The van der Waals surface area contributed by atoms with Crippen molar-refractivity contribution >= 4 is 17.5 Å². The van der Waals surface area contributed by atoms with E-state index in [1.54, 1.807) is 37.4 Å². The summed E-state index contributed by atoms with van der Waals surface area (Å²) < 4.78 is 0. The van der Waals surface area contributed by atoms with E-state index in [1.165, 1.54) is 4.90 Å². The van der Waals surface area contributed by atoms with Gasteiger partial charge in [0.15, 0.2) is 0 Å². The summed E-state index contributed by atoms with van der Waals surface area (Å²) in [6.45, 7) is 3.96. The molecule has 96 valence electrons. The van der Waals surface area contributed by atoms with Crippen LogP contribution >= 0.6 is 0 Å². The van der Waals surface area contributed by atoms with Crippen molar-refractivity contribution in [3.05, 3.63) is 42.5 Å². The van der Waals surface area contributed by atoms with Gasteiger partial charge in [-0.1, -0.05) is 6.08 Å². The molecule has 18 heavy (non-hydrogen) atoms. The van der Waals surface area contributed by atoms with Crippen LogP contribution in [0.2, 0.25) is 0 Å². The number of nitrogens with two attached hydrogens (primary N) is 1. The second-order valence-corrected chi connectivity index (χ2v) is 3.87. The molecule has 0 bridgehead atoms. The van der Waals surface area contributed by atoms with Gasteiger partial charge in [0.2, 0.25) is 5.91 Å². The Labute approximate surface area is 106 Å². The summed E-state index contributed by atoms with van der Waals surface area (Å²) in [5, 5.41) is 2.55. The minimum absolute atomic E-state index is 0.0342. The van der Waals surface area contributed by atoms with Gasteiger partial charge in [0.1, 0.15) is 0 Å². The highest BCUT2D eigenvalue weighted by atomic mass is 16.2. The highest BCUT2D eigenvalue weighted by molar-refractivity contribution is 5.96. The first kappa shape index (κ1) is 13.8. The number of carbonyl (C=O) groups is 2. The average Bonchev–Trinajstić information content (AvgIpc) is 2.36. The Kier molecular flexibility index (Phi) is 4.92. The summed E-state index contributed by atoms with van der Waals surface area (Å²) in [5.41, 5.74) is 6.59. The van der Waals surface area contributed by atoms with Crippen molar-refractivity contribution in [2.45, 2.75) is 0 Å². The molecule has 5 heteroatoms. The molecule has 0 fully saturated rings. The van der Waals surface area contributed by atoms with Gasteiger partial charge in [-0.15, -0.1) is 6.58 Å². The van der Waals surface area contributed by atoms with Crippen molar-refractivity contribution in [3.63, 3.8) is 0 Å². The van der Waals surface area contributed by atoms with Gasteiger partial charge in [-0.3, -0.25) is 9.59 Å². The summed E-state index contributed by atoms with van der Waals surface area (Å²) in [4.78, 5) is 24.7. The van der Waals surface area contributed by atoms with Crippen LogP contribution in [0.5, 0.6) is 0 Å². The number of amides is 2. The molecule has 1 rings (SSSR count). The van der Waals surface area contributed by atoms with Gasteiger partial charge in [0.05, 0.1) is 6.54 Å². The van der Waals surface area contributed by atoms with E-state index in [4.69, 9.17) is 5.73 Å². The quantitative estimate of drug-likeness (QED) is 0.592. The van der Waals surface area contributed by atoms with Crippen molar-refractivity contribution < 1.29 is 9.59 Å². The largest absolute Gasteiger partial charge is 0.399 e. The predicted octanol–water partition coefficient (Wildman–Crippen LogP) is 0.643. The number of hydrogen-bond acceptors (Lipinski definition) is 3. The zero-order valence-corrected chi connectivity index (χ0v) is 10.3. The van der Waals surface area contributed by atoms with Gasteiger partial charge in [-0.25, -0.2) is 0 Å². The zero-order chi connectivity index (χ0) is 13.5. The van der Waals surface area contributed by atoms with Crippen LogP contribution in [0.15, 0.2) is 36.9 Å². The number of nitrogen functional groups attached to an aromatic ring is 1. The van der Waals surface area contributed by atoms with E-state index in [9.17, 15) is 9.59 Å². The molecule has 0 unspecified atom stereocenters. The standard InChI is InChI=1S/C13H17N3O2/c1-3-8-16(2)12(17)9-15-13(18)10-4-6-11(14)7-5-10/h3-7H,1,8-9,14H2,2H3,(H,15,18). The van der Waals surface area contributed by atoms with Crippen molar-refractivity contribution in [2.75, 3.05) is 25.9 Å². The molecule has 0 aliphatic carbocycles. The monoisotopic (exact) mass is 247 g/mol. The third kappa shape index (κ3) is 3.93. The van der Waals surface area contributed by atoms with Crippen molar-refractivity contribution in [3.8, 4) is 0 Å². The summed E-state index contributed by atoms with van der Waals surface area (Å²) >= 11 is 0. The fraction of sp³-hybridized carbons (Fsp3) is 0.231. The van der Waals surface area contributed by atoms with Crippen molar-refractivity contribution in [2.24, 2.45) is 0 Å². The van der Waals surface area contributed by atoms with E-state index in [0.717, 1.165) is 0 Å². The maximum absolute atomic E-state index is 11.7.